The molecule has 2 saturated heterocycles. The molecule has 8 heteroatoms. The monoisotopic (exact) mass is 589 g/mol. The van der Waals surface area contributed by atoms with E-state index in [0.29, 0.717) is 19.4 Å². The number of amides is 1. The number of esters is 1. The Labute approximate surface area is 252 Å². The summed E-state index contributed by atoms with van der Waals surface area (Å²) in [5.74, 6) is -1.92. The van der Waals surface area contributed by atoms with E-state index in [1.54, 1.807) is 11.0 Å². The van der Waals surface area contributed by atoms with Crippen molar-refractivity contribution in [2.24, 2.45) is 29.6 Å². The maximum Gasteiger partial charge on any atom is 0.329 e. The number of hydrogen-bond acceptors (Lipinski definition) is 7. The molecule has 0 bridgehead atoms. The van der Waals surface area contributed by atoms with Crippen LogP contribution in [0.2, 0.25) is 0 Å². The lowest BCUT2D eigenvalue weighted by atomic mass is 9.79. The first-order chi connectivity index (χ1) is 19.6. The number of allylic oxidation sites excluding steroid dienone is 4. The van der Waals surface area contributed by atoms with Crippen molar-refractivity contribution in [2.45, 2.75) is 130 Å². The van der Waals surface area contributed by atoms with Gasteiger partial charge < -0.3 is 29.7 Å². The summed E-state index contributed by atoms with van der Waals surface area (Å²) in [6, 6.07) is -0.695. The van der Waals surface area contributed by atoms with Crippen molar-refractivity contribution < 1.29 is 34.4 Å². The molecule has 1 aliphatic carbocycles. The van der Waals surface area contributed by atoms with E-state index in [1.165, 1.54) is 0 Å². The molecular weight excluding hydrogens is 534 g/mol. The van der Waals surface area contributed by atoms with Crippen molar-refractivity contribution in [1.82, 2.24) is 4.90 Å². The van der Waals surface area contributed by atoms with Crippen molar-refractivity contribution in [2.75, 3.05) is 6.54 Å². The largest absolute Gasteiger partial charge is 0.456 e. The summed E-state index contributed by atoms with van der Waals surface area (Å²) in [6.45, 7) is 16.6. The molecule has 2 fully saturated rings. The average Bonchev–Trinajstić information content (AvgIpc) is 2.91. The number of ether oxygens (including phenoxy) is 2. The van der Waals surface area contributed by atoms with E-state index >= 15 is 0 Å². The van der Waals surface area contributed by atoms with Gasteiger partial charge in [-0.05, 0) is 75.2 Å². The smallest absolute Gasteiger partial charge is 0.329 e. The Morgan fingerprint density at radius 1 is 1.10 bits per heavy atom. The topological polar surface area (TPSA) is 117 Å². The summed E-state index contributed by atoms with van der Waals surface area (Å²) in [4.78, 5) is 28.8. The minimum atomic E-state index is -1.56. The van der Waals surface area contributed by atoms with Crippen LogP contribution in [-0.2, 0) is 19.1 Å². The fourth-order valence-electron chi connectivity index (χ4n) is 6.94. The van der Waals surface area contributed by atoms with Crippen LogP contribution < -0.4 is 0 Å². The zero-order valence-corrected chi connectivity index (χ0v) is 27.0. The third kappa shape index (κ3) is 8.55. The fourth-order valence-corrected chi connectivity index (χ4v) is 6.94. The molecule has 2 aliphatic heterocycles. The third-order valence-electron chi connectivity index (χ3n) is 9.25. The van der Waals surface area contributed by atoms with Gasteiger partial charge in [0.2, 0.25) is 5.91 Å². The SMILES string of the molecule is CC(=C\C1C=CC(O)C(O)C1)/C=C(\C)[C@@H](OC(=O)[C@@H]1CCCCN1C(=O)C[C@]1(O)OC(C(C)C)C(C)C[C@H]1C)C(C)C. The van der Waals surface area contributed by atoms with Gasteiger partial charge in [0.25, 0.3) is 0 Å². The van der Waals surface area contributed by atoms with Gasteiger partial charge in [-0.2, -0.15) is 0 Å². The molecule has 0 radical (unpaired) electrons. The van der Waals surface area contributed by atoms with E-state index in [1.807, 2.05) is 52.8 Å². The van der Waals surface area contributed by atoms with Crippen LogP contribution in [0.5, 0.6) is 0 Å². The molecule has 0 aromatic rings. The summed E-state index contributed by atoms with van der Waals surface area (Å²) >= 11 is 0. The second-order valence-corrected chi connectivity index (χ2v) is 13.8. The van der Waals surface area contributed by atoms with E-state index in [0.717, 1.165) is 30.4 Å². The Bertz CT molecular complexity index is 1030. The second-order valence-electron chi connectivity index (χ2n) is 13.8. The molecule has 8 nitrogen and oxygen atoms in total. The van der Waals surface area contributed by atoms with Crippen LogP contribution in [0.1, 0.15) is 93.9 Å². The van der Waals surface area contributed by atoms with Crippen LogP contribution >= 0.6 is 0 Å². The van der Waals surface area contributed by atoms with Crippen LogP contribution in [0.3, 0.4) is 0 Å². The van der Waals surface area contributed by atoms with Crippen LogP contribution in [0.15, 0.2) is 35.5 Å². The number of hydrogen-bond donors (Lipinski definition) is 3. The molecule has 3 aliphatic rings. The zero-order chi connectivity index (χ0) is 31.4. The first-order valence-corrected chi connectivity index (χ1v) is 15.9. The van der Waals surface area contributed by atoms with Crippen LogP contribution in [-0.4, -0.2) is 74.9 Å². The minimum absolute atomic E-state index is 0.0130. The molecular formula is C34H55NO7. The standard InChI is InChI=1S/C34H55NO7/c1-20(2)31(23(6)15-22(5)16-26-12-13-28(36)29(37)18-26)41-33(39)27-11-9-10-14-35(27)30(38)19-34(40)25(8)17-24(7)32(42-34)21(3)4/h12-13,15-16,20-21,24-29,31-32,36-37,40H,9-11,14,17-19H2,1-8H3/b22-16+,23-15+/t24?,25-,26?,27+,28?,29?,31+,32?,34+/m1/s1. The molecule has 42 heavy (non-hydrogen) atoms. The van der Waals surface area contributed by atoms with Crippen LogP contribution in [0.25, 0.3) is 0 Å². The Balaban J connectivity index is 1.71. The predicted molar refractivity (Wildman–Crippen MR) is 163 cm³/mol. The molecule has 1 amide bonds. The lowest BCUT2D eigenvalue weighted by Gasteiger charge is -2.47. The number of likely N-dealkylation sites (tertiary alicyclic amines) is 1. The average molecular weight is 590 g/mol. The van der Waals surface area contributed by atoms with Crippen molar-refractivity contribution in [3.8, 4) is 0 Å². The zero-order valence-electron chi connectivity index (χ0n) is 27.0. The lowest BCUT2D eigenvalue weighted by molar-refractivity contribution is -0.300. The number of nitrogens with zero attached hydrogens (tertiary/aromatic N) is 1. The molecule has 3 rings (SSSR count). The van der Waals surface area contributed by atoms with Crippen molar-refractivity contribution in [3.05, 3.63) is 35.5 Å². The second kappa shape index (κ2) is 14.7. The highest BCUT2D eigenvalue weighted by Gasteiger charge is 2.48. The quantitative estimate of drug-likeness (QED) is 0.199. The molecule has 0 saturated carbocycles. The van der Waals surface area contributed by atoms with E-state index in [9.17, 15) is 24.9 Å². The van der Waals surface area contributed by atoms with Gasteiger partial charge in [0, 0.05) is 12.5 Å². The van der Waals surface area contributed by atoms with Gasteiger partial charge in [-0.1, -0.05) is 71.4 Å². The van der Waals surface area contributed by atoms with E-state index in [4.69, 9.17) is 9.47 Å². The number of aliphatic hydroxyl groups is 3. The van der Waals surface area contributed by atoms with Gasteiger partial charge >= 0.3 is 5.97 Å². The van der Waals surface area contributed by atoms with Gasteiger partial charge in [0.1, 0.15) is 12.1 Å². The van der Waals surface area contributed by atoms with Crippen molar-refractivity contribution >= 4 is 11.9 Å². The first-order valence-electron chi connectivity index (χ1n) is 15.9. The van der Waals surface area contributed by atoms with Crippen LogP contribution in [0, 0.1) is 29.6 Å². The Kier molecular flexibility index (Phi) is 12.0. The number of carbonyl (C=O) groups excluding carboxylic acids is 2. The van der Waals surface area contributed by atoms with Crippen molar-refractivity contribution in [3.63, 3.8) is 0 Å². The lowest BCUT2D eigenvalue weighted by Crippen LogP contribution is -2.56. The highest BCUT2D eigenvalue weighted by Crippen LogP contribution is 2.40. The van der Waals surface area contributed by atoms with Crippen LogP contribution in [0.4, 0.5) is 0 Å². The minimum Gasteiger partial charge on any atom is -0.456 e. The molecule has 3 N–H and O–H groups in total. The maximum atomic E-state index is 13.6. The van der Waals surface area contributed by atoms with Gasteiger partial charge in [-0.25, -0.2) is 4.79 Å². The normalized spacial score (nSPS) is 35.5. The van der Waals surface area contributed by atoms with Gasteiger partial charge in [-0.3, -0.25) is 4.79 Å². The van der Waals surface area contributed by atoms with Crippen molar-refractivity contribution in [1.29, 1.82) is 0 Å². The van der Waals surface area contributed by atoms with E-state index in [-0.39, 0.29) is 48.0 Å². The summed E-state index contributed by atoms with van der Waals surface area (Å²) in [5.41, 5.74) is 1.87. The molecule has 0 spiro atoms. The summed E-state index contributed by atoms with van der Waals surface area (Å²) in [6.07, 6.45) is 8.55. The molecule has 0 aromatic heterocycles. The van der Waals surface area contributed by atoms with E-state index in [2.05, 4.69) is 20.8 Å². The molecule has 2 heterocycles. The molecule has 5 unspecified atom stereocenters. The van der Waals surface area contributed by atoms with Gasteiger partial charge in [0.15, 0.2) is 5.79 Å². The van der Waals surface area contributed by atoms with Gasteiger partial charge in [-0.15, -0.1) is 0 Å². The third-order valence-corrected chi connectivity index (χ3v) is 9.25. The number of aliphatic hydroxyl groups excluding tert-OH is 2. The molecule has 9 atom stereocenters. The molecule has 0 aromatic carbocycles. The summed E-state index contributed by atoms with van der Waals surface area (Å²) < 4.78 is 12.3. The molecule has 238 valence electrons. The summed E-state index contributed by atoms with van der Waals surface area (Å²) in [5, 5.41) is 31.2. The van der Waals surface area contributed by atoms with Gasteiger partial charge in [0.05, 0.1) is 24.7 Å². The Morgan fingerprint density at radius 2 is 1.79 bits per heavy atom. The predicted octanol–water partition coefficient (Wildman–Crippen LogP) is 4.92. The number of rotatable bonds is 9. The Hall–Kier alpha value is -2.00. The van der Waals surface area contributed by atoms with E-state index < -0.39 is 36.1 Å². The first kappa shape index (κ1) is 34.5. The number of carbonyl (C=O) groups is 2. The number of piperidine rings is 1. The summed E-state index contributed by atoms with van der Waals surface area (Å²) in [7, 11) is 0. The maximum absolute atomic E-state index is 13.6. The fraction of sp³-hybridized carbons (Fsp3) is 0.765. The highest BCUT2D eigenvalue weighted by atomic mass is 16.6. The highest BCUT2D eigenvalue weighted by molar-refractivity contribution is 5.85. The Morgan fingerprint density at radius 3 is 2.40 bits per heavy atom.